The van der Waals surface area contributed by atoms with Crippen LogP contribution >= 0.6 is 0 Å². The van der Waals surface area contributed by atoms with Crippen molar-refractivity contribution in [2.24, 2.45) is 0 Å². The Morgan fingerprint density at radius 2 is 1.81 bits per heavy atom. The zero-order valence-corrected chi connectivity index (χ0v) is 15.7. The molecule has 0 aliphatic rings. The van der Waals surface area contributed by atoms with Crippen molar-refractivity contribution in [3.05, 3.63) is 66.5 Å². The van der Waals surface area contributed by atoms with Crippen LogP contribution in [0.5, 0.6) is 0 Å². The number of benzene rings is 2. The molecule has 158 valence electrons. The van der Waals surface area contributed by atoms with Gasteiger partial charge in [0.2, 0.25) is 0 Å². The lowest BCUT2D eigenvalue weighted by molar-refractivity contribution is -0.204. The molecule has 11 heteroatoms. The number of esters is 1. The normalized spacial score (nSPS) is 12.5. The molecule has 4 aromatic rings. The number of fused-ring (bicyclic) bond motifs is 1. The molecule has 0 fully saturated rings. The van der Waals surface area contributed by atoms with Gasteiger partial charge in [0.25, 0.3) is 0 Å². The predicted octanol–water partition coefficient (Wildman–Crippen LogP) is 3.94. The van der Waals surface area contributed by atoms with E-state index in [-0.39, 0.29) is 6.54 Å². The molecule has 0 saturated heterocycles. The average molecular weight is 429 g/mol. The molecule has 0 aliphatic carbocycles. The minimum Gasteiger partial charge on any atom is -0.449 e. The lowest BCUT2D eigenvalue weighted by Crippen LogP contribution is -2.29. The van der Waals surface area contributed by atoms with E-state index >= 15 is 0 Å². The molecule has 1 N–H and O–H groups in total. The van der Waals surface area contributed by atoms with E-state index in [1.54, 1.807) is 54.6 Å². The number of alkyl halides is 3. The highest BCUT2D eigenvalue weighted by Crippen LogP contribution is 2.26. The molecule has 0 spiro atoms. The van der Waals surface area contributed by atoms with E-state index in [0.717, 1.165) is 5.56 Å². The van der Waals surface area contributed by atoms with E-state index in [4.69, 9.17) is 0 Å². The zero-order valence-electron chi connectivity index (χ0n) is 15.7. The standard InChI is InChI=1S/C20H14F3N5O3/c21-20(22,23)19(29)30-17(12-4-2-1-3-5-12)10-24-18-9-15(25-11-26-18)13-6-7-14-16(8-13)28-31-27-14/h1-9,11,17H,10H2,(H,24,25,26)/t17-/m0/s1. The summed E-state index contributed by atoms with van der Waals surface area (Å²) in [7, 11) is 0. The molecule has 2 heterocycles. The molecule has 0 radical (unpaired) electrons. The number of anilines is 1. The van der Waals surface area contributed by atoms with Crippen molar-refractivity contribution in [1.29, 1.82) is 0 Å². The molecule has 1 atom stereocenters. The first kappa shape index (κ1) is 20.3. The Morgan fingerprint density at radius 3 is 2.58 bits per heavy atom. The third-order valence-corrected chi connectivity index (χ3v) is 4.34. The van der Waals surface area contributed by atoms with E-state index < -0.39 is 18.2 Å². The minimum atomic E-state index is -5.09. The van der Waals surface area contributed by atoms with Crippen molar-refractivity contribution in [2.45, 2.75) is 12.3 Å². The van der Waals surface area contributed by atoms with Gasteiger partial charge in [0, 0.05) is 11.6 Å². The van der Waals surface area contributed by atoms with Crippen molar-refractivity contribution in [3.8, 4) is 11.3 Å². The van der Waals surface area contributed by atoms with Gasteiger partial charge in [-0.2, -0.15) is 13.2 Å². The van der Waals surface area contributed by atoms with E-state index in [1.807, 2.05) is 0 Å². The topological polar surface area (TPSA) is 103 Å². The maximum atomic E-state index is 12.7. The number of hydrogen-bond donors (Lipinski definition) is 1. The quantitative estimate of drug-likeness (QED) is 0.460. The summed E-state index contributed by atoms with van der Waals surface area (Å²) < 4.78 is 47.4. The van der Waals surface area contributed by atoms with Gasteiger partial charge in [-0.15, -0.1) is 0 Å². The fourth-order valence-electron chi connectivity index (χ4n) is 2.84. The molecule has 2 aromatic heterocycles. The van der Waals surface area contributed by atoms with Crippen LogP contribution in [0.3, 0.4) is 0 Å². The molecule has 31 heavy (non-hydrogen) atoms. The maximum absolute atomic E-state index is 12.7. The second kappa shape index (κ2) is 8.38. The lowest BCUT2D eigenvalue weighted by Gasteiger charge is -2.20. The summed E-state index contributed by atoms with van der Waals surface area (Å²) in [6.07, 6.45) is -4.96. The second-order valence-corrected chi connectivity index (χ2v) is 6.44. The van der Waals surface area contributed by atoms with E-state index in [1.165, 1.54) is 6.33 Å². The number of carbonyl (C=O) groups excluding carboxylic acids is 1. The van der Waals surface area contributed by atoms with Crippen molar-refractivity contribution in [2.75, 3.05) is 11.9 Å². The van der Waals surface area contributed by atoms with Gasteiger partial charge in [-0.25, -0.2) is 19.4 Å². The van der Waals surface area contributed by atoms with Gasteiger partial charge in [-0.05, 0) is 28.0 Å². The van der Waals surface area contributed by atoms with Crippen LogP contribution in [0, 0.1) is 0 Å². The highest BCUT2D eigenvalue weighted by Gasteiger charge is 2.42. The number of nitrogens with one attached hydrogen (secondary N) is 1. The molecule has 0 saturated carbocycles. The van der Waals surface area contributed by atoms with E-state index in [2.05, 4.69) is 35.0 Å². The third-order valence-electron chi connectivity index (χ3n) is 4.34. The fourth-order valence-corrected chi connectivity index (χ4v) is 2.84. The Morgan fingerprint density at radius 1 is 1.03 bits per heavy atom. The molecular weight excluding hydrogens is 415 g/mol. The summed E-state index contributed by atoms with van der Waals surface area (Å²) in [4.78, 5) is 19.6. The Balaban J connectivity index is 1.53. The molecule has 2 aromatic carbocycles. The number of ether oxygens (including phenoxy) is 1. The van der Waals surface area contributed by atoms with Gasteiger partial charge in [0.1, 0.15) is 29.3 Å². The Labute approximate surface area is 173 Å². The zero-order chi connectivity index (χ0) is 21.8. The fraction of sp³-hybridized carbons (Fsp3) is 0.150. The third kappa shape index (κ3) is 4.77. The molecule has 0 bridgehead atoms. The van der Waals surface area contributed by atoms with Gasteiger partial charge in [0.15, 0.2) is 0 Å². The first-order valence-electron chi connectivity index (χ1n) is 9.01. The van der Waals surface area contributed by atoms with Crippen molar-refractivity contribution in [1.82, 2.24) is 20.3 Å². The largest absolute Gasteiger partial charge is 0.490 e. The number of aromatic nitrogens is 4. The lowest BCUT2D eigenvalue weighted by atomic mass is 10.1. The molecule has 8 nitrogen and oxygen atoms in total. The van der Waals surface area contributed by atoms with Gasteiger partial charge in [-0.1, -0.05) is 36.4 Å². The molecule has 0 unspecified atom stereocenters. The molecule has 4 rings (SSSR count). The number of halogens is 3. The first-order chi connectivity index (χ1) is 14.9. The predicted molar refractivity (Wildman–Crippen MR) is 103 cm³/mol. The highest BCUT2D eigenvalue weighted by molar-refractivity contribution is 5.80. The average Bonchev–Trinajstić information content (AvgIpc) is 3.24. The maximum Gasteiger partial charge on any atom is 0.490 e. The van der Waals surface area contributed by atoms with E-state index in [0.29, 0.717) is 28.1 Å². The van der Waals surface area contributed by atoms with Crippen LogP contribution < -0.4 is 5.32 Å². The van der Waals surface area contributed by atoms with Crippen LogP contribution in [0.25, 0.3) is 22.3 Å². The van der Waals surface area contributed by atoms with Crippen molar-refractivity contribution >= 4 is 22.8 Å². The Kier molecular flexibility index (Phi) is 5.48. The summed E-state index contributed by atoms with van der Waals surface area (Å²) in [5.74, 6) is -1.92. The second-order valence-electron chi connectivity index (χ2n) is 6.44. The molecule has 0 aliphatic heterocycles. The van der Waals surface area contributed by atoms with Gasteiger partial charge < -0.3 is 10.1 Å². The summed E-state index contributed by atoms with van der Waals surface area (Å²) >= 11 is 0. The first-order valence-corrected chi connectivity index (χ1v) is 9.01. The molecular formula is C20H14F3N5O3. The SMILES string of the molecule is O=C(O[C@@H](CNc1cc(-c2ccc3nonc3c2)ncn1)c1ccccc1)C(F)(F)F. The Bertz CT molecular complexity index is 1200. The number of carbonyl (C=O) groups is 1. The van der Waals surface area contributed by atoms with Crippen LogP contribution in [0.4, 0.5) is 19.0 Å². The van der Waals surface area contributed by atoms with Crippen LogP contribution in [0.1, 0.15) is 11.7 Å². The van der Waals surface area contributed by atoms with Crippen molar-refractivity contribution in [3.63, 3.8) is 0 Å². The Hall–Kier alpha value is -4.02. The van der Waals surface area contributed by atoms with Crippen LogP contribution in [0.2, 0.25) is 0 Å². The monoisotopic (exact) mass is 429 g/mol. The number of hydrogen-bond acceptors (Lipinski definition) is 8. The minimum absolute atomic E-state index is 0.130. The van der Waals surface area contributed by atoms with Gasteiger partial charge in [0.05, 0.1) is 12.2 Å². The summed E-state index contributed by atoms with van der Waals surface area (Å²) in [5, 5.41) is 10.4. The van der Waals surface area contributed by atoms with Crippen LogP contribution in [0.15, 0.2) is 65.6 Å². The smallest absolute Gasteiger partial charge is 0.449 e. The van der Waals surface area contributed by atoms with E-state index in [9.17, 15) is 18.0 Å². The summed E-state index contributed by atoms with van der Waals surface area (Å²) in [5.41, 5.74) is 2.82. The molecule has 0 amide bonds. The van der Waals surface area contributed by atoms with Crippen LogP contribution in [-0.4, -0.2) is 39.0 Å². The van der Waals surface area contributed by atoms with Crippen molar-refractivity contribution < 1.29 is 27.3 Å². The number of nitrogens with zero attached hydrogens (tertiary/aromatic N) is 4. The number of rotatable bonds is 6. The summed E-state index contributed by atoms with van der Waals surface area (Å²) in [6, 6.07) is 15.0. The highest BCUT2D eigenvalue weighted by atomic mass is 19.4. The van der Waals surface area contributed by atoms with Gasteiger partial charge >= 0.3 is 12.1 Å². The van der Waals surface area contributed by atoms with Gasteiger partial charge in [-0.3, -0.25) is 0 Å². The van der Waals surface area contributed by atoms with Crippen LogP contribution in [-0.2, 0) is 9.53 Å². The summed E-state index contributed by atoms with van der Waals surface area (Å²) in [6.45, 7) is -0.130.